The first-order valence-electron chi connectivity index (χ1n) is 20.4. The molecule has 0 saturated heterocycles. The van der Waals surface area contributed by atoms with Gasteiger partial charge in [0.25, 0.3) is 0 Å². The second kappa shape index (κ2) is 21.6. The summed E-state index contributed by atoms with van der Waals surface area (Å²) in [7, 11) is 0. The van der Waals surface area contributed by atoms with Crippen LogP contribution in [0.1, 0.15) is 99.9 Å². The monoisotopic (exact) mass is 944 g/mol. The first-order chi connectivity index (χ1) is 27.7. The quantitative estimate of drug-likeness (QED) is 0.146. The van der Waals surface area contributed by atoms with Crippen LogP contribution in [0.5, 0.6) is 0 Å². The summed E-state index contributed by atoms with van der Waals surface area (Å²) < 4.78 is 1.26. The molecule has 0 nitrogen and oxygen atoms in total. The summed E-state index contributed by atoms with van der Waals surface area (Å²) in [6, 6.07) is 55.1. The number of hydrogen-bond donors (Lipinski definition) is 0. The summed E-state index contributed by atoms with van der Waals surface area (Å²) in [5, 5.41) is 1.53. The molecule has 0 aromatic heterocycles. The topological polar surface area (TPSA) is 0 Å². The van der Waals surface area contributed by atoms with Gasteiger partial charge >= 0.3 is 120 Å². The molecule has 7 aromatic carbocycles. The smallest absolute Gasteiger partial charge is 0.172 e. The molecule has 0 amide bonds. The maximum atomic E-state index is 5.98. The van der Waals surface area contributed by atoms with Crippen molar-refractivity contribution < 1.29 is 49.0 Å². The van der Waals surface area contributed by atoms with E-state index >= 15 is 0 Å². The van der Waals surface area contributed by atoms with Crippen LogP contribution in [0.15, 0.2) is 146 Å². The molecule has 60 heavy (non-hydrogen) atoms. The van der Waals surface area contributed by atoms with Gasteiger partial charge in [0.15, 0.2) is 0 Å². The SMILES string of the molecule is CCc1ccccc1-c1[c-]c2c(cc1C(C)(C)C)-c1cc(C(C)(C)C)c(-c3ccccc3CC)cc1C2.Clc1cccc([C](=[Zr+2])c2cccc(Cl)c2)c1.[Cl-].[Cl-].c1cc[cH-]c1. The van der Waals surface area contributed by atoms with Crippen molar-refractivity contribution in [1.29, 1.82) is 0 Å². The average Bonchev–Trinajstić information content (AvgIpc) is 3.91. The molecule has 0 aliphatic heterocycles. The summed E-state index contributed by atoms with van der Waals surface area (Å²) in [5.74, 6) is 0. The third-order valence-electron chi connectivity index (χ3n) is 10.8. The van der Waals surface area contributed by atoms with Gasteiger partial charge in [0, 0.05) is 0 Å². The van der Waals surface area contributed by atoms with E-state index in [0.717, 1.165) is 40.4 Å². The van der Waals surface area contributed by atoms with Crippen LogP contribution in [0.4, 0.5) is 0 Å². The molecule has 1 aliphatic rings. The third-order valence-corrected chi connectivity index (χ3v) is 12.7. The summed E-state index contributed by atoms with van der Waals surface area (Å²) in [4.78, 5) is 0. The number of rotatable bonds is 6. The molecule has 0 N–H and O–H groups in total. The minimum Gasteiger partial charge on any atom is -1.00 e. The van der Waals surface area contributed by atoms with Gasteiger partial charge in [0.2, 0.25) is 0 Å². The van der Waals surface area contributed by atoms with E-state index in [1.807, 2.05) is 66.7 Å². The molecular formula is C55H54Cl4Zr-2. The fraction of sp³-hybridized carbons (Fsp3) is 0.236. The van der Waals surface area contributed by atoms with E-state index in [9.17, 15) is 0 Å². The number of fused-ring (bicyclic) bond motifs is 3. The molecule has 0 atom stereocenters. The van der Waals surface area contributed by atoms with Crippen LogP contribution in [0.3, 0.4) is 0 Å². The molecule has 0 fully saturated rings. The molecule has 0 heterocycles. The van der Waals surface area contributed by atoms with Gasteiger partial charge in [0.1, 0.15) is 0 Å². The molecule has 0 saturated carbocycles. The van der Waals surface area contributed by atoms with E-state index in [4.69, 9.17) is 23.2 Å². The number of aryl methyl sites for hydroxylation is 2. The summed E-state index contributed by atoms with van der Waals surface area (Å²) in [6.45, 7) is 18.6. The van der Waals surface area contributed by atoms with E-state index < -0.39 is 0 Å². The van der Waals surface area contributed by atoms with Gasteiger partial charge in [-0.25, -0.2) is 12.1 Å². The van der Waals surface area contributed by atoms with Gasteiger partial charge in [-0.05, 0) is 57.9 Å². The Morgan fingerprint density at radius 3 is 1.55 bits per heavy atom. The van der Waals surface area contributed by atoms with Crippen LogP contribution in [0.25, 0.3) is 33.4 Å². The first-order valence-corrected chi connectivity index (χ1v) is 22.4. The van der Waals surface area contributed by atoms with Crippen molar-refractivity contribution in [3.63, 3.8) is 0 Å². The Morgan fingerprint density at radius 1 is 0.567 bits per heavy atom. The summed E-state index contributed by atoms with van der Waals surface area (Å²) >= 11 is 13.3. The maximum absolute atomic E-state index is 5.98. The zero-order valence-corrected chi connectivity index (χ0v) is 41.5. The van der Waals surface area contributed by atoms with Crippen molar-refractivity contribution in [1.82, 2.24) is 0 Å². The van der Waals surface area contributed by atoms with Crippen LogP contribution in [0.2, 0.25) is 10.0 Å². The Labute approximate surface area is 397 Å². The summed E-state index contributed by atoms with van der Waals surface area (Å²) in [6.07, 6.45) is 3.02. The van der Waals surface area contributed by atoms with Gasteiger partial charge in [-0.2, -0.15) is 18.2 Å². The molecule has 8 rings (SSSR count). The molecule has 1 aliphatic carbocycles. The standard InChI is InChI=1S/C37H41.C13H8Cl2.C5H5.2ClH.Zr/c1-9-24-15-11-13-17-28(24)32-20-26-19-27-21-33(29-18-14-12-16-25(29)10-2)35(37(6,7)8)23-31(27)30(26)22-34(32)36(3,4)5;14-12-5-1-3-10(8-12)7-11-4-2-6-13(15)9-11;1-2-4-5-3-1;;;/h11-18,20,22-23H,9-10,19H2,1-8H3;1-6,8-9H;1-5H;2*1H;/q-1;;-1;;;+2/p-2. The minimum absolute atomic E-state index is 0. The summed E-state index contributed by atoms with van der Waals surface area (Å²) in [5.41, 5.74) is 19.0. The van der Waals surface area contributed by atoms with E-state index in [1.165, 1.54) is 94.2 Å². The minimum atomic E-state index is 0. The van der Waals surface area contributed by atoms with Gasteiger partial charge in [-0.3, -0.25) is 0 Å². The van der Waals surface area contributed by atoms with Crippen LogP contribution in [-0.4, -0.2) is 3.21 Å². The van der Waals surface area contributed by atoms with Gasteiger partial charge in [-0.15, -0.1) is 28.8 Å². The van der Waals surface area contributed by atoms with Crippen molar-refractivity contribution in [3.05, 3.63) is 206 Å². The Bertz CT molecular complexity index is 2340. The second-order valence-corrected chi connectivity index (χ2v) is 19.2. The van der Waals surface area contributed by atoms with Gasteiger partial charge in [-0.1, -0.05) is 138 Å². The van der Waals surface area contributed by atoms with E-state index in [1.54, 1.807) is 0 Å². The molecule has 0 bridgehead atoms. The van der Waals surface area contributed by atoms with E-state index in [2.05, 4.69) is 140 Å². The van der Waals surface area contributed by atoms with Crippen molar-refractivity contribution in [3.8, 4) is 33.4 Å². The third kappa shape index (κ3) is 11.7. The van der Waals surface area contributed by atoms with Gasteiger partial charge < -0.3 is 24.8 Å². The predicted molar refractivity (Wildman–Crippen MR) is 249 cm³/mol. The first kappa shape index (κ1) is 49.2. The fourth-order valence-corrected chi connectivity index (χ4v) is 8.93. The number of hydrogen-bond acceptors (Lipinski definition) is 0. The van der Waals surface area contributed by atoms with Crippen LogP contribution in [0, 0.1) is 6.07 Å². The molecule has 0 spiro atoms. The molecule has 0 unspecified atom stereocenters. The van der Waals surface area contributed by atoms with Crippen molar-refractivity contribution >= 4 is 26.4 Å². The fourth-order valence-electron chi connectivity index (χ4n) is 7.79. The predicted octanol–water partition coefficient (Wildman–Crippen LogP) is 9.63. The van der Waals surface area contributed by atoms with Crippen LogP contribution in [-0.2, 0) is 54.3 Å². The zero-order valence-electron chi connectivity index (χ0n) is 36.0. The number of benzene rings is 6. The molecular weight excluding hydrogens is 894 g/mol. The second-order valence-electron chi connectivity index (χ2n) is 17.1. The Morgan fingerprint density at radius 2 is 1.07 bits per heavy atom. The Balaban J connectivity index is 0.000000285. The van der Waals surface area contributed by atoms with E-state index in [0.29, 0.717) is 0 Å². The van der Waals surface area contributed by atoms with E-state index in [-0.39, 0.29) is 35.6 Å². The number of halogens is 4. The molecule has 0 radical (unpaired) electrons. The largest absolute Gasteiger partial charge is 1.00 e. The molecule has 7 aromatic rings. The van der Waals surface area contributed by atoms with Gasteiger partial charge in [0.05, 0.1) is 0 Å². The van der Waals surface area contributed by atoms with Crippen LogP contribution < -0.4 is 24.8 Å². The molecule has 308 valence electrons. The average molecular weight is 948 g/mol. The van der Waals surface area contributed by atoms with Crippen molar-refractivity contribution in [2.24, 2.45) is 0 Å². The molecule has 5 heteroatoms. The Hall–Kier alpha value is -3.42. The van der Waals surface area contributed by atoms with Crippen LogP contribution >= 0.6 is 23.2 Å². The zero-order chi connectivity index (χ0) is 41.6. The van der Waals surface area contributed by atoms with Crippen molar-refractivity contribution in [2.45, 2.75) is 85.5 Å². The van der Waals surface area contributed by atoms with Crippen molar-refractivity contribution in [2.75, 3.05) is 0 Å². The Kier molecular flexibility index (Phi) is 17.7. The maximum Gasteiger partial charge on any atom is -0.172 e. The normalized spacial score (nSPS) is 11.4.